The molecule has 0 radical (unpaired) electrons. The van der Waals surface area contributed by atoms with Crippen molar-refractivity contribution >= 4 is 5.82 Å². The van der Waals surface area contributed by atoms with E-state index >= 15 is 0 Å². The second-order valence-electron chi connectivity index (χ2n) is 3.50. The third-order valence-corrected chi connectivity index (χ3v) is 1.98. The van der Waals surface area contributed by atoms with E-state index in [-0.39, 0.29) is 13.2 Å². The maximum absolute atomic E-state index is 11.8. The van der Waals surface area contributed by atoms with Crippen LogP contribution in [0.2, 0.25) is 0 Å². The molecule has 0 saturated carbocycles. The molecule has 17 heavy (non-hydrogen) atoms. The maximum Gasteiger partial charge on any atom is 0.391 e. The van der Waals surface area contributed by atoms with Gasteiger partial charge < -0.3 is 10.1 Å². The van der Waals surface area contributed by atoms with Crippen molar-refractivity contribution in [2.75, 3.05) is 18.5 Å². The normalized spacial score (nSPS) is 11.5. The third kappa shape index (κ3) is 6.11. The van der Waals surface area contributed by atoms with Crippen molar-refractivity contribution < 1.29 is 17.9 Å². The first kappa shape index (κ1) is 13.8. The summed E-state index contributed by atoms with van der Waals surface area (Å²) < 4.78 is 40.4. The summed E-state index contributed by atoms with van der Waals surface area (Å²) in [7, 11) is 0. The number of pyridine rings is 1. The van der Waals surface area contributed by atoms with Gasteiger partial charge in [0.15, 0.2) is 0 Å². The van der Waals surface area contributed by atoms with Gasteiger partial charge in [-0.15, -0.1) is 0 Å². The molecular formula is C11H15F3N2O. The molecule has 1 aromatic rings. The minimum atomic E-state index is -4.16. The molecule has 1 N–H and O–H groups in total. The van der Waals surface area contributed by atoms with Crippen molar-refractivity contribution in [3.05, 3.63) is 23.9 Å². The van der Waals surface area contributed by atoms with E-state index in [1.54, 1.807) is 18.3 Å². The molecule has 3 nitrogen and oxygen atoms in total. The Balaban J connectivity index is 2.27. The number of alkyl halides is 3. The Bertz CT molecular complexity index is 324. The van der Waals surface area contributed by atoms with Crippen LogP contribution < -0.4 is 5.32 Å². The van der Waals surface area contributed by atoms with Crippen molar-refractivity contribution in [1.29, 1.82) is 0 Å². The molecule has 0 bridgehead atoms. The fraction of sp³-hybridized carbons (Fsp3) is 0.545. The Hall–Kier alpha value is -1.30. The minimum Gasteiger partial charge on any atom is -0.376 e. The summed E-state index contributed by atoms with van der Waals surface area (Å²) in [5.74, 6) is 0.742. The van der Waals surface area contributed by atoms with Crippen LogP contribution in [0.1, 0.15) is 18.9 Å². The summed E-state index contributed by atoms with van der Waals surface area (Å²) in [4.78, 5) is 4.08. The van der Waals surface area contributed by atoms with Crippen LogP contribution in [0.25, 0.3) is 0 Å². The Morgan fingerprint density at radius 1 is 1.35 bits per heavy atom. The van der Waals surface area contributed by atoms with Gasteiger partial charge >= 0.3 is 6.18 Å². The predicted octanol–water partition coefficient (Wildman–Crippen LogP) is 2.98. The lowest BCUT2D eigenvalue weighted by molar-refractivity contribution is -0.146. The summed E-state index contributed by atoms with van der Waals surface area (Å²) in [6.07, 6.45) is -3.49. The number of anilines is 1. The minimum absolute atomic E-state index is 0.148. The first-order chi connectivity index (χ1) is 8.01. The first-order valence-electron chi connectivity index (χ1n) is 5.34. The van der Waals surface area contributed by atoms with Gasteiger partial charge in [0, 0.05) is 12.7 Å². The zero-order chi connectivity index (χ0) is 12.7. The molecule has 1 rings (SSSR count). The van der Waals surface area contributed by atoms with Gasteiger partial charge in [-0.1, -0.05) is 6.07 Å². The van der Waals surface area contributed by atoms with Gasteiger partial charge in [0.1, 0.15) is 5.82 Å². The highest BCUT2D eigenvalue weighted by Crippen LogP contribution is 2.19. The number of hydrogen-bond donors (Lipinski definition) is 1. The Kier molecular flexibility index (Phi) is 5.21. The van der Waals surface area contributed by atoms with Gasteiger partial charge in [-0.2, -0.15) is 13.2 Å². The SMILES string of the molecule is CCNc1ccc(COCCC(F)(F)F)cn1. The van der Waals surface area contributed by atoms with E-state index in [9.17, 15) is 13.2 Å². The zero-order valence-corrected chi connectivity index (χ0v) is 9.55. The van der Waals surface area contributed by atoms with E-state index in [1.165, 1.54) is 0 Å². The summed E-state index contributed by atoms with van der Waals surface area (Å²) >= 11 is 0. The molecule has 0 fully saturated rings. The van der Waals surface area contributed by atoms with Crippen LogP contribution in [0.15, 0.2) is 18.3 Å². The molecule has 0 aromatic carbocycles. The summed E-state index contributed by atoms with van der Waals surface area (Å²) in [5.41, 5.74) is 0.758. The number of ether oxygens (including phenoxy) is 1. The Labute approximate surface area is 98.0 Å². The predicted molar refractivity (Wildman–Crippen MR) is 58.7 cm³/mol. The lowest BCUT2D eigenvalue weighted by Gasteiger charge is -2.07. The van der Waals surface area contributed by atoms with Gasteiger partial charge in [-0.05, 0) is 18.6 Å². The maximum atomic E-state index is 11.8. The van der Waals surface area contributed by atoms with Gasteiger partial charge in [0.2, 0.25) is 0 Å². The Morgan fingerprint density at radius 3 is 2.65 bits per heavy atom. The van der Waals surface area contributed by atoms with Crippen molar-refractivity contribution in [2.45, 2.75) is 26.1 Å². The number of nitrogens with zero attached hydrogens (tertiary/aromatic N) is 1. The lowest BCUT2D eigenvalue weighted by Crippen LogP contribution is -2.11. The number of nitrogens with one attached hydrogen (secondary N) is 1. The van der Waals surface area contributed by atoms with Crippen LogP contribution in [0.3, 0.4) is 0 Å². The van der Waals surface area contributed by atoms with E-state index in [0.717, 1.165) is 17.9 Å². The average Bonchev–Trinajstić information content (AvgIpc) is 2.26. The van der Waals surface area contributed by atoms with E-state index in [4.69, 9.17) is 4.74 Å². The molecule has 96 valence electrons. The second-order valence-corrected chi connectivity index (χ2v) is 3.50. The summed E-state index contributed by atoms with van der Waals surface area (Å²) in [6, 6.07) is 3.55. The van der Waals surface area contributed by atoms with Crippen molar-refractivity contribution in [3.8, 4) is 0 Å². The topological polar surface area (TPSA) is 34.1 Å². The van der Waals surface area contributed by atoms with Gasteiger partial charge in [0.05, 0.1) is 19.6 Å². The lowest BCUT2D eigenvalue weighted by atomic mass is 10.3. The molecule has 0 atom stereocenters. The molecule has 0 saturated heterocycles. The Morgan fingerprint density at radius 2 is 2.12 bits per heavy atom. The molecule has 0 aliphatic rings. The summed E-state index contributed by atoms with van der Waals surface area (Å²) in [6.45, 7) is 2.55. The smallest absolute Gasteiger partial charge is 0.376 e. The number of halogens is 3. The van der Waals surface area contributed by atoms with Crippen LogP contribution in [0.5, 0.6) is 0 Å². The van der Waals surface area contributed by atoms with Gasteiger partial charge in [-0.25, -0.2) is 4.98 Å². The molecule has 0 aliphatic heterocycles. The molecule has 0 aliphatic carbocycles. The van der Waals surface area contributed by atoms with Crippen LogP contribution in [0.4, 0.5) is 19.0 Å². The van der Waals surface area contributed by atoms with Crippen LogP contribution >= 0.6 is 0 Å². The first-order valence-corrected chi connectivity index (χ1v) is 5.34. The summed E-state index contributed by atoms with van der Waals surface area (Å²) in [5, 5.41) is 3.02. The third-order valence-electron chi connectivity index (χ3n) is 1.98. The van der Waals surface area contributed by atoms with E-state index in [2.05, 4.69) is 10.3 Å². The van der Waals surface area contributed by atoms with Crippen molar-refractivity contribution in [2.24, 2.45) is 0 Å². The van der Waals surface area contributed by atoms with Crippen LogP contribution in [-0.4, -0.2) is 24.3 Å². The molecule has 0 spiro atoms. The van der Waals surface area contributed by atoms with Gasteiger partial charge in [0.25, 0.3) is 0 Å². The van der Waals surface area contributed by atoms with Crippen LogP contribution in [-0.2, 0) is 11.3 Å². The molecule has 6 heteroatoms. The number of aromatic nitrogens is 1. The quantitative estimate of drug-likeness (QED) is 0.786. The highest BCUT2D eigenvalue weighted by Gasteiger charge is 2.26. The van der Waals surface area contributed by atoms with E-state index in [1.807, 2.05) is 6.92 Å². The second kappa shape index (κ2) is 6.44. The molecule has 0 unspecified atom stereocenters. The molecule has 1 heterocycles. The van der Waals surface area contributed by atoms with Crippen molar-refractivity contribution in [3.63, 3.8) is 0 Å². The fourth-order valence-electron chi connectivity index (χ4n) is 1.17. The average molecular weight is 248 g/mol. The van der Waals surface area contributed by atoms with Crippen molar-refractivity contribution in [1.82, 2.24) is 4.98 Å². The highest BCUT2D eigenvalue weighted by atomic mass is 19.4. The largest absolute Gasteiger partial charge is 0.391 e. The zero-order valence-electron chi connectivity index (χ0n) is 9.55. The monoisotopic (exact) mass is 248 g/mol. The number of rotatable bonds is 6. The standard InChI is InChI=1S/C11H15F3N2O/c1-2-15-10-4-3-9(7-16-10)8-17-6-5-11(12,13)14/h3-4,7H,2,5-6,8H2,1H3,(H,15,16). The van der Waals surface area contributed by atoms with Gasteiger partial charge in [-0.3, -0.25) is 0 Å². The fourth-order valence-corrected chi connectivity index (χ4v) is 1.17. The molecule has 1 aromatic heterocycles. The van der Waals surface area contributed by atoms with E-state index < -0.39 is 12.6 Å². The highest BCUT2D eigenvalue weighted by molar-refractivity contribution is 5.34. The van der Waals surface area contributed by atoms with E-state index in [0.29, 0.717) is 0 Å². The molecule has 0 amide bonds. The number of hydrogen-bond acceptors (Lipinski definition) is 3. The van der Waals surface area contributed by atoms with Crippen LogP contribution in [0, 0.1) is 0 Å². The molecular weight excluding hydrogens is 233 g/mol.